The normalized spacial score (nSPS) is 23.0. The van der Waals surface area contributed by atoms with Crippen molar-refractivity contribution in [3.8, 4) is 0 Å². The molecule has 1 saturated heterocycles. The molecule has 11 heteroatoms. The second-order valence-electron chi connectivity index (χ2n) is 8.10. The fourth-order valence-electron chi connectivity index (χ4n) is 4.41. The third-order valence-corrected chi connectivity index (χ3v) is 6.56. The van der Waals surface area contributed by atoms with E-state index in [1.165, 1.54) is 18.1 Å². The molecule has 1 N–H and O–H groups in total. The molecule has 0 amide bonds. The van der Waals surface area contributed by atoms with Crippen molar-refractivity contribution in [3.05, 3.63) is 35.7 Å². The number of piperidine rings is 1. The van der Waals surface area contributed by atoms with Crippen molar-refractivity contribution in [2.24, 2.45) is 5.92 Å². The molecular formula is C20H28FN6O3S-. The van der Waals surface area contributed by atoms with E-state index in [2.05, 4.69) is 27.7 Å². The van der Waals surface area contributed by atoms with E-state index in [4.69, 9.17) is 9.84 Å². The lowest BCUT2D eigenvalue weighted by molar-refractivity contribution is -0.000916. The summed E-state index contributed by atoms with van der Waals surface area (Å²) in [5, 5.41) is 4.75. The van der Waals surface area contributed by atoms with Gasteiger partial charge in [0.15, 0.2) is 5.82 Å². The van der Waals surface area contributed by atoms with Gasteiger partial charge in [-0.25, -0.2) is 19.1 Å². The van der Waals surface area contributed by atoms with Crippen molar-refractivity contribution in [2.75, 3.05) is 31.1 Å². The van der Waals surface area contributed by atoms with E-state index in [1.54, 1.807) is 0 Å². The van der Waals surface area contributed by atoms with Gasteiger partial charge < -0.3 is 14.2 Å². The van der Waals surface area contributed by atoms with Gasteiger partial charge in [-0.1, -0.05) is 6.92 Å². The third kappa shape index (κ3) is 5.46. The van der Waals surface area contributed by atoms with Crippen molar-refractivity contribution in [1.82, 2.24) is 24.5 Å². The Balaban J connectivity index is 1.36. The summed E-state index contributed by atoms with van der Waals surface area (Å²) in [4.78, 5) is 10.1. The van der Waals surface area contributed by atoms with Crippen LogP contribution in [0.25, 0.3) is 0 Å². The first-order valence-corrected chi connectivity index (χ1v) is 11.8. The number of aryl methyl sites for hydroxylation is 2. The van der Waals surface area contributed by atoms with Crippen molar-refractivity contribution >= 4 is 17.2 Å². The zero-order chi connectivity index (χ0) is 21.8. The Bertz CT molecular complexity index is 888. The number of nitrogens with zero attached hydrogens (tertiary/aromatic N) is 5. The fourth-order valence-corrected chi connectivity index (χ4v) is 4.76. The summed E-state index contributed by atoms with van der Waals surface area (Å²) in [5.41, 5.74) is 2.24. The van der Waals surface area contributed by atoms with E-state index in [9.17, 15) is 13.2 Å². The molecule has 0 saturated carbocycles. The van der Waals surface area contributed by atoms with Gasteiger partial charge in [0, 0.05) is 36.6 Å². The number of ether oxygens (including phenoxy) is 1. The number of hydrogen-bond donors (Lipinski definition) is 1. The summed E-state index contributed by atoms with van der Waals surface area (Å²) in [6, 6.07) is 2.14. The topological polar surface area (TPSA) is 108 Å². The molecule has 170 valence electrons. The first-order valence-electron chi connectivity index (χ1n) is 10.8. The molecule has 2 aliphatic rings. The molecule has 0 aliphatic carbocycles. The number of anilines is 1. The Morgan fingerprint density at radius 3 is 2.71 bits per heavy atom. The minimum absolute atomic E-state index is 0.00133. The van der Waals surface area contributed by atoms with E-state index in [1.807, 2.05) is 9.58 Å². The third-order valence-electron chi connectivity index (χ3n) is 6.15. The van der Waals surface area contributed by atoms with Gasteiger partial charge in [0.1, 0.15) is 0 Å². The summed E-state index contributed by atoms with van der Waals surface area (Å²) < 4.78 is 45.9. The minimum atomic E-state index is -2.28. The van der Waals surface area contributed by atoms with Crippen LogP contribution in [0.4, 0.5) is 10.3 Å². The molecular weight excluding hydrogens is 423 g/mol. The van der Waals surface area contributed by atoms with Crippen LogP contribution in [0.2, 0.25) is 0 Å². The van der Waals surface area contributed by atoms with Crippen LogP contribution in [0.5, 0.6) is 0 Å². The Morgan fingerprint density at radius 1 is 1.29 bits per heavy atom. The summed E-state index contributed by atoms with van der Waals surface area (Å²) >= 11 is -2.28. The summed E-state index contributed by atoms with van der Waals surface area (Å²) in [7, 11) is 0. The van der Waals surface area contributed by atoms with Crippen LogP contribution >= 0.6 is 0 Å². The van der Waals surface area contributed by atoms with Crippen molar-refractivity contribution in [3.63, 3.8) is 0 Å². The monoisotopic (exact) mass is 451 g/mol. The van der Waals surface area contributed by atoms with Crippen molar-refractivity contribution in [2.45, 2.75) is 51.2 Å². The number of hydrogen-bond acceptors (Lipinski definition) is 7. The fraction of sp³-hybridized carbons (Fsp3) is 0.650. The van der Waals surface area contributed by atoms with Gasteiger partial charge in [-0.15, -0.1) is 0 Å². The van der Waals surface area contributed by atoms with Crippen molar-refractivity contribution in [1.29, 1.82) is 0 Å². The van der Waals surface area contributed by atoms with E-state index in [-0.39, 0.29) is 18.1 Å². The lowest BCUT2D eigenvalue weighted by Gasteiger charge is -2.36. The molecule has 4 rings (SSSR count). The highest BCUT2D eigenvalue weighted by atomic mass is 32.2. The summed E-state index contributed by atoms with van der Waals surface area (Å²) in [5.74, 6) is 0.225. The van der Waals surface area contributed by atoms with E-state index in [0.29, 0.717) is 19.1 Å². The largest absolute Gasteiger partial charge is 0.760 e. The molecule has 0 spiro atoms. The Hall–Kier alpha value is -1.95. The summed E-state index contributed by atoms with van der Waals surface area (Å²) in [6.45, 7) is 4.44. The summed E-state index contributed by atoms with van der Waals surface area (Å²) in [6.07, 6.45) is 6.77. The van der Waals surface area contributed by atoms with Crippen molar-refractivity contribution < 1.29 is 17.9 Å². The maximum absolute atomic E-state index is 13.0. The molecule has 3 unspecified atom stereocenters. The molecule has 3 atom stereocenters. The van der Waals surface area contributed by atoms with E-state index < -0.39 is 17.1 Å². The van der Waals surface area contributed by atoms with Crippen LogP contribution in [0, 0.1) is 11.7 Å². The molecule has 2 aromatic rings. The number of halogens is 1. The number of rotatable bonds is 8. The van der Waals surface area contributed by atoms with Crippen LogP contribution in [0.1, 0.15) is 43.6 Å². The first-order chi connectivity index (χ1) is 15.0. The van der Waals surface area contributed by atoms with Gasteiger partial charge in [-0.05, 0) is 44.1 Å². The zero-order valence-corrected chi connectivity index (χ0v) is 18.4. The second-order valence-corrected chi connectivity index (χ2v) is 8.85. The van der Waals surface area contributed by atoms with Gasteiger partial charge in [-0.3, -0.25) is 8.89 Å². The van der Waals surface area contributed by atoms with Crippen LogP contribution in [-0.4, -0.2) is 60.9 Å². The smallest absolute Gasteiger partial charge is 0.225 e. The average Bonchev–Trinajstić information content (AvgIpc) is 3.21. The molecule has 0 radical (unpaired) electrons. The molecule has 2 aliphatic heterocycles. The highest BCUT2D eigenvalue weighted by Gasteiger charge is 2.32. The number of nitrogens with one attached hydrogen (secondary N) is 1. The maximum atomic E-state index is 13.0. The van der Waals surface area contributed by atoms with Crippen LogP contribution in [0.15, 0.2) is 18.5 Å². The van der Waals surface area contributed by atoms with E-state index >= 15 is 0 Å². The zero-order valence-electron chi connectivity index (χ0n) is 17.6. The molecule has 9 nitrogen and oxygen atoms in total. The molecule has 2 aromatic heterocycles. The number of fused-ring (bicyclic) bond motifs is 1. The van der Waals surface area contributed by atoms with Crippen LogP contribution < -0.4 is 9.62 Å². The van der Waals surface area contributed by atoms with E-state index in [0.717, 1.165) is 50.9 Å². The highest BCUT2D eigenvalue weighted by molar-refractivity contribution is 7.77. The number of aromatic nitrogens is 4. The molecule has 0 bridgehead atoms. The second kappa shape index (κ2) is 10.1. The quantitative estimate of drug-likeness (QED) is 0.607. The van der Waals surface area contributed by atoms with Gasteiger partial charge in [0.25, 0.3) is 0 Å². The maximum Gasteiger partial charge on any atom is 0.225 e. The molecule has 1 fully saturated rings. The predicted molar refractivity (Wildman–Crippen MR) is 113 cm³/mol. The predicted octanol–water partition coefficient (Wildman–Crippen LogP) is 1.55. The van der Waals surface area contributed by atoms with Gasteiger partial charge in [0.2, 0.25) is 5.95 Å². The lowest BCUT2D eigenvalue weighted by Crippen LogP contribution is -2.41. The minimum Gasteiger partial charge on any atom is -0.760 e. The average molecular weight is 452 g/mol. The standard InChI is InChI=1S/C20H29FN6O3S/c1-2-16-9-17-4-3-14(10-24-31(28)29)19(27(17)25-16)13-30-18-5-7-26(8-6-18)20-22-11-15(21)12-23-20/h9,11-12,14,18-19,24H,2-8,10,13H2,1H3,(H,28,29)/p-1. The van der Waals surface area contributed by atoms with Gasteiger partial charge in [0.05, 0.1) is 36.8 Å². The Morgan fingerprint density at radius 2 is 2.03 bits per heavy atom. The van der Waals surface area contributed by atoms with Gasteiger partial charge >= 0.3 is 0 Å². The van der Waals surface area contributed by atoms with Crippen LogP contribution in [0.3, 0.4) is 0 Å². The van der Waals surface area contributed by atoms with Gasteiger partial charge in [-0.2, -0.15) is 5.10 Å². The SMILES string of the molecule is CCc1cc2n(n1)C(COC1CCN(c3ncc(F)cn3)CC1)C(CNS(=O)[O-])CC2. The highest BCUT2D eigenvalue weighted by Crippen LogP contribution is 2.32. The first kappa shape index (κ1) is 22.3. The molecule has 4 heterocycles. The molecule has 31 heavy (non-hydrogen) atoms. The molecule has 0 aromatic carbocycles. The lowest BCUT2D eigenvalue weighted by atomic mass is 9.90. The Labute approximate surface area is 183 Å². The van der Waals surface area contributed by atoms with Crippen LogP contribution in [-0.2, 0) is 28.8 Å². The Kier molecular flexibility index (Phi) is 7.26.